The van der Waals surface area contributed by atoms with Crippen LogP contribution in [0, 0.1) is 5.82 Å². The molecular weight excluding hydrogens is 429 g/mol. The Morgan fingerprint density at radius 1 is 0.967 bits per heavy atom. The topological polar surface area (TPSA) is 60.9 Å². The Balaban J connectivity index is 1.45. The van der Waals surface area contributed by atoms with Crippen molar-refractivity contribution in [3.63, 3.8) is 0 Å². The number of carbonyl (C=O) groups is 1. The molecule has 1 amide bonds. The molecule has 0 spiro atoms. The van der Waals surface area contributed by atoms with Gasteiger partial charge < -0.3 is 9.80 Å². The van der Waals surface area contributed by atoms with Crippen LogP contribution in [0.3, 0.4) is 0 Å². The standard InChI is InChI=1S/C21H23ClFN3O3S/c22-16-7-9-17(10-8-16)30(28,29)26-11-3-6-20(26)21(27)25-14-12-24(13-15-25)19-5-2-1-4-18(19)23/h1-2,4-5,7-10,20H,3,6,11-15H2. The molecule has 2 aliphatic rings. The zero-order valence-electron chi connectivity index (χ0n) is 16.4. The van der Waals surface area contributed by atoms with Gasteiger partial charge in [-0.05, 0) is 49.2 Å². The number of rotatable bonds is 4. The van der Waals surface area contributed by atoms with E-state index in [1.165, 1.54) is 34.6 Å². The third-order valence-corrected chi connectivity index (χ3v) is 7.87. The van der Waals surface area contributed by atoms with Crippen molar-refractivity contribution in [1.29, 1.82) is 0 Å². The van der Waals surface area contributed by atoms with E-state index in [-0.39, 0.29) is 16.6 Å². The van der Waals surface area contributed by atoms with Gasteiger partial charge in [0.25, 0.3) is 0 Å². The highest BCUT2D eigenvalue weighted by Gasteiger charge is 2.41. The first kappa shape index (κ1) is 21.1. The molecule has 0 N–H and O–H groups in total. The van der Waals surface area contributed by atoms with Crippen molar-refractivity contribution in [1.82, 2.24) is 9.21 Å². The number of carbonyl (C=O) groups excluding carboxylic acids is 1. The first-order valence-electron chi connectivity index (χ1n) is 9.93. The van der Waals surface area contributed by atoms with E-state index in [2.05, 4.69) is 0 Å². The van der Waals surface area contributed by atoms with Crippen LogP contribution in [-0.4, -0.2) is 62.3 Å². The van der Waals surface area contributed by atoms with Crippen LogP contribution in [-0.2, 0) is 14.8 Å². The summed E-state index contributed by atoms with van der Waals surface area (Å²) in [5.41, 5.74) is 0.525. The second-order valence-electron chi connectivity index (χ2n) is 7.49. The van der Waals surface area contributed by atoms with Crippen LogP contribution in [0.4, 0.5) is 10.1 Å². The Morgan fingerprint density at radius 2 is 1.63 bits per heavy atom. The van der Waals surface area contributed by atoms with Crippen LogP contribution in [0.1, 0.15) is 12.8 Å². The lowest BCUT2D eigenvalue weighted by molar-refractivity contribution is -0.134. The number of hydrogen-bond acceptors (Lipinski definition) is 4. The fourth-order valence-electron chi connectivity index (χ4n) is 4.10. The zero-order valence-corrected chi connectivity index (χ0v) is 17.9. The van der Waals surface area contributed by atoms with Gasteiger partial charge in [0.15, 0.2) is 0 Å². The lowest BCUT2D eigenvalue weighted by Gasteiger charge is -2.38. The lowest BCUT2D eigenvalue weighted by atomic mass is 10.1. The van der Waals surface area contributed by atoms with Crippen LogP contribution in [0.5, 0.6) is 0 Å². The van der Waals surface area contributed by atoms with Crippen molar-refractivity contribution < 1.29 is 17.6 Å². The van der Waals surface area contributed by atoms with Gasteiger partial charge in [-0.3, -0.25) is 4.79 Å². The normalized spacial score (nSPS) is 20.5. The molecule has 0 aromatic heterocycles. The summed E-state index contributed by atoms with van der Waals surface area (Å²) in [5.74, 6) is -0.466. The van der Waals surface area contributed by atoms with Gasteiger partial charge in [-0.1, -0.05) is 23.7 Å². The summed E-state index contributed by atoms with van der Waals surface area (Å²) >= 11 is 5.87. The maximum absolute atomic E-state index is 14.0. The number of para-hydroxylation sites is 1. The first-order chi connectivity index (χ1) is 14.4. The summed E-state index contributed by atoms with van der Waals surface area (Å²) < 4.78 is 41.5. The Hall–Kier alpha value is -2.16. The van der Waals surface area contributed by atoms with E-state index in [1.807, 2.05) is 4.90 Å². The highest BCUT2D eigenvalue weighted by molar-refractivity contribution is 7.89. The zero-order chi connectivity index (χ0) is 21.3. The average Bonchev–Trinajstić information content (AvgIpc) is 3.25. The molecule has 30 heavy (non-hydrogen) atoms. The Kier molecular flexibility index (Phi) is 5.99. The van der Waals surface area contributed by atoms with E-state index < -0.39 is 16.1 Å². The maximum atomic E-state index is 14.0. The Labute approximate surface area is 180 Å². The Morgan fingerprint density at radius 3 is 2.30 bits per heavy atom. The van der Waals surface area contributed by atoms with E-state index >= 15 is 0 Å². The smallest absolute Gasteiger partial charge is 0.243 e. The number of sulfonamides is 1. The van der Waals surface area contributed by atoms with Crippen molar-refractivity contribution >= 4 is 33.2 Å². The fraction of sp³-hybridized carbons (Fsp3) is 0.381. The van der Waals surface area contributed by atoms with Gasteiger partial charge in [0, 0.05) is 37.7 Å². The molecule has 9 heteroatoms. The highest BCUT2D eigenvalue weighted by atomic mass is 35.5. The van der Waals surface area contributed by atoms with Gasteiger partial charge in [-0.15, -0.1) is 0 Å². The Bertz CT molecular complexity index is 1020. The summed E-state index contributed by atoms with van der Waals surface area (Å²) in [6.45, 7) is 2.18. The maximum Gasteiger partial charge on any atom is 0.243 e. The second-order valence-corrected chi connectivity index (χ2v) is 9.82. The molecule has 2 aliphatic heterocycles. The molecule has 0 saturated carbocycles. The minimum atomic E-state index is -3.78. The van der Waals surface area contributed by atoms with Gasteiger partial charge in [0.05, 0.1) is 10.6 Å². The molecule has 2 aromatic carbocycles. The van der Waals surface area contributed by atoms with E-state index in [0.29, 0.717) is 56.3 Å². The molecule has 6 nitrogen and oxygen atoms in total. The molecule has 4 rings (SSSR count). The molecule has 0 radical (unpaired) electrons. The van der Waals surface area contributed by atoms with Gasteiger partial charge in [-0.2, -0.15) is 4.31 Å². The van der Waals surface area contributed by atoms with Crippen LogP contribution in [0.25, 0.3) is 0 Å². The average molecular weight is 452 g/mol. The molecule has 2 aromatic rings. The van der Waals surface area contributed by atoms with E-state index in [0.717, 1.165) is 0 Å². The van der Waals surface area contributed by atoms with E-state index in [1.54, 1.807) is 23.1 Å². The molecular formula is C21H23ClFN3O3S. The van der Waals surface area contributed by atoms with Crippen molar-refractivity contribution in [2.45, 2.75) is 23.8 Å². The molecule has 0 bridgehead atoms. The van der Waals surface area contributed by atoms with Gasteiger partial charge in [0.2, 0.25) is 15.9 Å². The number of piperazine rings is 1. The number of nitrogens with zero attached hydrogens (tertiary/aromatic N) is 3. The van der Waals surface area contributed by atoms with Crippen molar-refractivity contribution in [2.24, 2.45) is 0 Å². The summed E-state index contributed by atoms with van der Waals surface area (Å²) in [6.07, 6.45) is 1.14. The highest BCUT2D eigenvalue weighted by Crippen LogP contribution is 2.29. The van der Waals surface area contributed by atoms with Crippen LogP contribution in [0.15, 0.2) is 53.4 Å². The fourth-order valence-corrected chi connectivity index (χ4v) is 5.88. The minimum Gasteiger partial charge on any atom is -0.366 e. The van der Waals surface area contributed by atoms with Crippen molar-refractivity contribution in [3.05, 3.63) is 59.4 Å². The van der Waals surface area contributed by atoms with E-state index in [4.69, 9.17) is 11.6 Å². The number of benzene rings is 2. The van der Waals surface area contributed by atoms with Crippen LogP contribution in [0.2, 0.25) is 5.02 Å². The van der Waals surface area contributed by atoms with Crippen molar-refractivity contribution in [3.8, 4) is 0 Å². The predicted octanol–water partition coefficient (Wildman–Crippen LogP) is 2.98. The molecule has 2 heterocycles. The summed E-state index contributed by atoms with van der Waals surface area (Å²) in [6, 6.07) is 11.9. The molecule has 160 valence electrons. The predicted molar refractivity (Wildman–Crippen MR) is 114 cm³/mol. The molecule has 2 fully saturated rings. The van der Waals surface area contributed by atoms with Crippen molar-refractivity contribution in [2.75, 3.05) is 37.6 Å². The van der Waals surface area contributed by atoms with Gasteiger partial charge in [0.1, 0.15) is 11.9 Å². The van der Waals surface area contributed by atoms with Crippen LogP contribution < -0.4 is 4.90 Å². The first-order valence-corrected chi connectivity index (χ1v) is 11.8. The van der Waals surface area contributed by atoms with Gasteiger partial charge in [-0.25, -0.2) is 12.8 Å². The number of hydrogen-bond donors (Lipinski definition) is 0. The molecule has 1 atom stereocenters. The number of amides is 1. The molecule has 0 aliphatic carbocycles. The number of anilines is 1. The SMILES string of the molecule is O=C(C1CCCN1S(=O)(=O)c1ccc(Cl)cc1)N1CCN(c2ccccc2F)CC1. The van der Waals surface area contributed by atoms with Crippen LogP contribution >= 0.6 is 11.6 Å². The van der Waals surface area contributed by atoms with Gasteiger partial charge >= 0.3 is 0 Å². The summed E-state index contributed by atoms with van der Waals surface area (Å²) in [7, 11) is -3.78. The summed E-state index contributed by atoms with van der Waals surface area (Å²) in [4.78, 5) is 16.9. The minimum absolute atomic E-state index is 0.135. The molecule has 1 unspecified atom stereocenters. The quantitative estimate of drug-likeness (QED) is 0.717. The third-order valence-electron chi connectivity index (χ3n) is 5.69. The van der Waals surface area contributed by atoms with E-state index in [9.17, 15) is 17.6 Å². The third kappa shape index (κ3) is 4.04. The largest absolute Gasteiger partial charge is 0.366 e. The monoisotopic (exact) mass is 451 g/mol. The number of halogens is 2. The second kappa shape index (κ2) is 8.53. The summed E-state index contributed by atoms with van der Waals surface area (Å²) in [5, 5.41) is 0.454. The molecule has 2 saturated heterocycles. The lowest BCUT2D eigenvalue weighted by Crippen LogP contribution is -2.54.